The van der Waals surface area contributed by atoms with Crippen LogP contribution in [0, 0.1) is 0 Å². The van der Waals surface area contributed by atoms with E-state index in [0.29, 0.717) is 36.5 Å². The largest absolute Gasteiger partial charge is 0.397 e. The predicted molar refractivity (Wildman–Crippen MR) is 80.3 cm³/mol. The van der Waals surface area contributed by atoms with E-state index in [4.69, 9.17) is 5.73 Å². The van der Waals surface area contributed by atoms with Crippen LogP contribution in [0.1, 0.15) is 29.4 Å². The van der Waals surface area contributed by atoms with Crippen molar-refractivity contribution in [2.75, 3.05) is 24.6 Å². The van der Waals surface area contributed by atoms with E-state index in [-0.39, 0.29) is 17.7 Å². The van der Waals surface area contributed by atoms with Gasteiger partial charge in [0.2, 0.25) is 10.0 Å². The van der Waals surface area contributed by atoms with Gasteiger partial charge in [-0.25, -0.2) is 13.1 Å². The number of anilines is 1. The number of rotatable bonds is 4. The van der Waals surface area contributed by atoms with Gasteiger partial charge in [-0.2, -0.15) is 0 Å². The fraction of sp³-hybridized carbons (Fsp3) is 0.583. The molecule has 1 aliphatic heterocycles. The highest BCUT2D eigenvalue weighted by molar-refractivity contribution is 7.89. The molecule has 0 atom stereocenters. The highest BCUT2D eigenvalue weighted by Crippen LogP contribution is 2.23. The molecule has 0 saturated carbocycles. The SMILES string of the molecule is CCS(=O)(=O)NC1CCN(C(=O)c2sccc2N)CC1. The summed E-state index contributed by atoms with van der Waals surface area (Å²) < 4.78 is 25.7. The minimum absolute atomic E-state index is 0.0608. The number of nitrogens with two attached hydrogens (primary N) is 1. The van der Waals surface area contributed by atoms with Crippen molar-refractivity contribution in [3.05, 3.63) is 16.3 Å². The van der Waals surface area contributed by atoms with Gasteiger partial charge in [-0.05, 0) is 31.2 Å². The molecule has 2 heterocycles. The Bertz CT molecular complexity index is 575. The molecule has 0 radical (unpaired) electrons. The van der Waals surface area contributed by atoms with Crippen LogP contribution in [0.25, 0.3) is 0 Å². The third kappa shape index (κ3) is 3.50. The van der Waals surface area contributed by atoms with Crippen molar-refractivity contribution in [3.63, 3.8) is 0 Å². The summed E-state index contributed by atoms with van der Waals surface area (Å²) in [5, 5.41) is 1.80. The fourth-order valence-electron chi connectivity index (χ4n) is 2.17. The number of likely N-dealkylation sites (tertiary alicyclic amines) is 1. The Morgan fingerprint density at radius 3 is 2.65 bits per heavy atom. The van der Waals surface area contributed by atoms with E-state index < -0.39 is 10.0 Å². The standard InChI is InChI=1S/C12H19N3O3S2/c1-2-20(17,18)14-9-3-6-15(7-4-9)12(16)11-10(13)5-8-19-11/h5,8-9,14H,2-4,6-7,13H2,1H3. The molecule has 1 aliphatic rings. The van der Waals surface area contributed by atoms with Crippen molar-refractivity contribution in [3.8, 4) is 0 Å². The zero-order chi connectivity index (χ0) is 14.8. The van der Waals surface area contributed by atoms with E-state index in [1.54, 1.807) is 23.3 Å². The van der Waals surface area contributed by atoms with Crippen LogP contribution in [0.5, 0.6) is 0 Å². The van der Waals surface area contributed by atoms with Gasteiger partial charge in [0, 0.05) is 19.1 Å². The topological polar surface area (TPSA) is 92.5 Å². The van der Waals surface area contributed by atoms with Gasteiger partial charge in [-0.1, -0.05) is 0 Å². The molecule has 2 rings (SSSR count). The molecular weight excluding hydrogens is 298 g/mol. The molecule has 1 aromatic heterocycles. The third-order valence-electron chi connectivity index (χ3n) is 3.40. The first kappa shape index (κ1) is 15.3. The molecule has 8 heteroatoms. The average Bonchev–Trinajstić information content (AvgIpc) is 2.85. The van der Waals surface area contributed by atoms with Gasteiger partial charge in [-0.3, -0.25) is 4.79 Å². The zero-order valence-corrected chi connectivity index (χ0v) is 13.0. The number of amides is 1. The van der Waals surface area contributed by atoms with Crippen molar-refractivity contribution in [1.82, 2.24) is 9.62 Å². The van der Waals surface area contributed by atoms with Gasteiger partial charge in [0.1, 0.15) is 4.88 Å². The molecule has 1 aromatic rings. The highest BCUT2D eigenvalue weighted by Gasteiger charge is 2.27. The first-order valence-corrected chi connectivity index (χ1v) is 9.08. The van der Waals surface area contributed by atoms with E-state index in [9.17, 15) is 13.2 Å². The summed E-state index contributed by atoms with van der Waals surface area (Å²) in [5.41, 5.74) is 6.26. The molecule has 1 amide bonds. The molecule has 3 N–H and O–H groups in total. The van der Waals surface area contributed by atoms with E-state index >= 15 is 0 Å². The summed E-state index contributed by atoms with van der Waals surface area (Å²) in [7, 11) is -3.18. The molecule has 0 aliphatic carbocycles. The lowest BCUT2D eigenvalue weighted by Crippen LogP contribution is -2.46. The number of carbonyl (C=O) groups is 1. The number of hydrogen-bond acceptors (Lipinski definition) is 5. The quantitative estimate of drug-likeness (QED) is 0.862. The summed E-state index contributed by atoms with van der Waals surface area (Å²) in [6.07, 6.45) is 1.27. The molecular formula is C12H19N3O3S2. The number of hydrogen-bond donors (Lipinski definition) is 2. The Balaban J connectivity index is 1.92. The van der Waals surface area contributed by atoms with E-state index in [1.165, 1.54) is 11.3 Å². The van der Waals surface area contributed by atoms with Crippen molar-refractivity contribution >= 4 is 33.0 Å². The van der Waals surface area contributed by atoms with Crippen molar-refractivity contribution in [2.45, 2.75) is 25.8 Å². The number of sulfonamides is 1. The van der Waals surface area contributed by atoms with Crippen molar-refractivity contribution < 1.29 is 13.2 Å². The van der Waals surface area contributed by atoms with E-state index in [0.717, 1.165) is 0 Å². The summed E-state index contributed by atoms with van der Waals surface area (Å²) in [5.74, 6) is 0.0204. The van der Waals surface area contributed by atoms with Gasteiger partial charge >= 0.3 is 0 Å². The van der Waals surface area contributed by atoms with Crippen LogP contribution in [-0.4, -0.2) is 44.1 Å². The van der Waals surface area contributed by atoms with E-state index in [1.807, 2.05) is 0 Å². The monoisotopic (exact) mass is 317 g/mol. The highest BCUT2D eigenvalue weighted by atomic mass is 32.2. The third-order valence-corrected chi connectivity index (χ3v) is 5.77. The first-order chi connectivity index (χ1) is 9.43. The molecule has 20 heavy (non-hydrogen) atoms. The van der Waals surface area contributed by atoms with Crippen LogP contribution in [0.4, 0.5) is 5.69 Å². The predicted octanol–water partition coefficient (Wildman–Crippen LogP) is 0.874. The molecule has 6 nitrogen and oxygen atoms in total. The molecule has 0 aromatic carbocycles. The zero-order valence-electron chi connectivity index (χ0n) is 11.3. The second-order valence-electron chi connectivity index (χ2n) is 4.79. The number of piperidine rings is 1. The molecule has 112 valence electrons. The minimum atomic E-state index is -3.18. The van der Waals surface area contributed by atoms with Gasteiger partial charge in [-0.15, -0.1) is 11.3 Å². The van der Waals surface area contributed by atoms with E-state index in [2.05, 4.69) is 4.72 Å². The van der Waals surface area contributed by atoms with Crippen LogP contribution < -0.4 is 10.5 Å². The molecule has 0 bridgehead atoms. The number of nitrogen functional groups attached to an aromatic ring is 1. The van der Waals surface area contributed by atoms with Gasteiger partial charge < -0.3 is 10.6 Å². The molecule has 1 fully saturated rings. The van der Waals surface area contributed by atoms with Crippen LogP contribution in [0.2, 0.25) is 0 Å². The Hall–Kier alpha value is -1.12. The second-order valence-corrected chi connectivity index (χ2v) is 7.75. The lowest BCUT2D eigenvalue weighted by molar-refractivity contribution is 0.0717. The van der Waals surface area contributed by atoms with Crippen molar-refractivity contribution in [2.24, 2.45) is 0 Å². The summed E-state index contributed by atoms with van der Waals surface area (Å²) in [4.78, 5) is 14.5. The lowest BCUT2D eigenvalue weighted by Gasteiger charge is -2.32. The van der Waals surface area contributed by atoms with Gasteiger partial charge in [0.05, 0.1) is 11.4 Å². The fourth-order valence-corrected chi connectivity index (χ4v) is 3.87. The maximum absolute atomic E-state index is 12.2. The van der Waals surface area contributed by atoms with Crippen LogP contribution in [0.15, 0.2) is 11.4 Å². The van der Waals surface area contributed by atoms with Crippen LogP contribution >= 0.6 is 11.3 Å². The Labute approximate surface area is 123 Å². The number of carbonyl (C=O) groups excluding carboxylic acids is 1. The van der Waals surface area contributed by atoms with Crippen LogP contribution in [-0.2, 0) is 10.0 Å². The minimum Gasteiger partial charge on any atom is -0.397 e. The average molecular weight is 317 g/mol. The summed E-state index contributed by atoms with van der Waals surface area (Å²) in [6.45, 7) is 2.71. The van der Waals surface area contributed by atoms with Gasteiger partial charge in [0.25, 0.3) is 5.91 Å². The first-order valence-electron chi connectivity index (χ1n) is 6.55. The smallest absolute Gasteiger partial charge is 0.266 e. The van der Waals surface area contributed by atoms with Crippen LogP contribution in [0.3, 0.4) is 0 Å². The van der Waals surface area contributed by atoms with Gasteiger partial charge in [0.15, 0.2) is 0 Å². The number of nitrogens with one attached hydrogen (secondary N) is 1. The maximum atomic E-state index is 12.2. The lowest BCUT2D eigenvalue weighted by atomic mass is 10.1. The van der Waals surface area contributed by atoms with Crippen molar-refractivity contribution in [1.29, 1.82) is 0 Å². The summed E-state index contributed by atoms with van der Waals surface area (Å²) in [6, 6.07) is 1.64. The molecule has 1 saturated heterocycles. The Morgan fingerprint density at radius 2 is 2.15 bits per heavy atom. The Kier molecular flexibility index (Phi) is 4.66. The second kappa shape index (κ2) is 6.11. The number of nitrogens with zero attached hydrogens (tertiary/aromatic N) is 1. The molecule has 0 spiro atoms. The normalized spacial score (nSPS) is 17.4. The maximum Gasteiger partial charge on any atom is 0.266 e. The number of thiophene rings is 1. The Morgan fingerprint density at radius 1 is 1.50 bits per heavy atom. The molecule has 0 unspecified atom stereocenters. The summed E-state index contributed by atoms with van der Waals surface area (Å²) >= 11 is 1.34.